The van der Waals surface area contributed by atoms with Crippen molar-refractivity contribution in [3.05, 3.63) is 17.7 Å². The van der Waals surface area contributed by atoms with E-state index in [2.05, 4.69) is 0 Å². The summed E-state index contributed by atoms with van der Waals surface area (Å²) in [6.45, 7) is 0.413. The van der Waals surface area contributed by atoms with Crippen LogP contribution in [-0.2, 0) is 6.42 Å². The number of hydrogen-bond acceptors (Lipinski definition) is 3. The van der Waals surface area contributed by atoms with Crippen LogP contribution < -0.4 is 19.7 Å². The second kappa shape index (κ2) is 6.31. The fraction of sp³-hybridized carbons (Fsp3) is 0.455. The summed E-state index contributed by atoms with van der Waals surface area (Å²) in [5.74, 6) is 0.408. The van der Waals surface area contributed by atoms with Crippen molar-refractivity contribution in [3.8, 4) is 11.5 Å². The van der Waals surface area contributed by atoms with Gasteiger partial charge in [-0.2, -0.15) is 0 Å². The molecule has 7 heteroatoms. The van der Waals surface area contributed by atoms with Crippen LogP contribution in [-0.4, -0.2) is 40.8 Å². The molecule has 0 aliphatic heterocycles. The number of halogens is 3. The summed E-state index contributed by atoms with van der Waals surface area (Å²) in [7, 11) is 2.69. The van der Waals surface area contributed by atoms with Crippen LogP contribution in [0.25, 0.3) is 0 Å². The fourth-order valence-corrected chi connectivity index (χ4v) is 2.97. The van der Waals surface area contributed by atoms with Crippen LogP contribution in [0.5, 0.6) is 11.5 Å². The van der Waals surface area contributed by atoms with Gasteiger partial charge < -0.3 is 0 Å². The van der Waals surface area contributed by atoms with Crippen molar-refractivity contribution < 1.29 is 22.6 Å². The molecule has 0 aliphatic rings. The van der Waals surface area contributed by atoms with Crippen LogP contribution in [0.2, 0.25) is 0 Å². The van der Waals surface area contributed by atoms with E-state index in [4.69, 9.17) is 15.2 Å². The van der Waals surface area contributed by atoms with E-state index in [-0.39, 0.29) is 16.0 Å². The summed E-state index contributed by atoms with van der Waals surface area (Å²) in [4.78, 5) is 0. The molecule has 0 heterocycles. The molecule has 0 aliphatic carbocycles. The molecule has 1 rings (SSSR count). The van der Waals surface area contributed by atoms with Gasteiger partial charge in [0.05, 0.1) is 0 Å². The number of benzene rings is 1. The molecular weight excluding hydrogens is 314 g/mol. The Balaban J connectivity index is 3.21. The van der Waals surface area contributed by atoms with E-state index in [0.29, 0.717) is 13.0 Å². The molecule has 18 heavy (non-hydrogen) atoms. The Morgan fingerprint density at radius 1 is 1.17 bits per heavy atom. The first-order valence-corrected chi connectivity index (χ1v) is 6.83. The van der Waals surface area contributed by atoms with Gasteiger partial charge in [0, 0.05) is 0 Å². The molecule has 0 unspecified atom stereocenters. The first-order chi connectivity index (χ1) is 8.41. The zero-order chi connectivity index (χ0) is 13.8. The summed E-state index contributed by atoms with van der Waals surface area (Å²) in [6.07, 6.45) is 0.562. The van der Waals surface area contributed by atoms with Gasteiger partial charge in [0.2, 0.25) is 0 Å². The van der Waals surface area contributed by atoms with Gasteiger partial charge in [0.15, 0.2) is 0 Å². The van der Waals surface area contributed by atoms with Crippen molar-refractivity contribution in [2.45, 2.75) is 11.5 Å². The Kier molecular flexibility index (Phi) is 5.31. The molecule has 0 amide bonds. The van der Waals surface area contributed by atoms with E-state index in [1.54, 1.807) is 12.1 Å². The molecule has 0 saturated carbocycles. The van der Waals surface area contributed by atoms with E-state index in [9.17, 15) is 13.2 Å². The Hall–Kier alpha value is -0.911. The normalized spacial score (nSPS) is 11.4. The van der Waals surface area contributed by atoms with Crippen molar-refractivity contribution in [1.29, 1.82) is 0 Å². The van der Waals surface area contributed by atoms with E-state index < -0.39 is 20.0 Å². The number of nitrogens with two attached hydrogens (primary N) is 1. The van der Waals surface area contributed by atoms with Crippen molar-refractivity contribution in [2.24, 2.45) is 5.73 Å². The number of alkyl halides is 3. The van der Waals surface area contributed by atoms with Gasteiger partial charge in [-0.1, -0.05) is 0 Å². The van der Waals surface area contributed by atoms with Crippen LogP contribution in [0.1, 0.15) is 5.56 Å². The van der Waals surface area contributed by atoms with Crippen molar-refractivity contribution in [3.63, 3.8) is 0 Å². The molecule has 0 atom stereocenters. The van der Waals surface area contributed by atoms with E-state index in [0.717, 1.165) is 5.56 Å². The fourth-order valence-electron chi connectivity index (χ4n) is 1.46. The summed E-state index contributed by atoms with van der Waals surface area (Å²) in [6, 6.07) is 3.16. The van der Waals surface area contributed by atoms with E-state index in [1.165, 1.54) is 14.2 Å². The van der Waals surface area contributed by atoms with Gasteiger partial charge in [0.25, 0.3) is 0 Å². The van der Waals surface area contributed by atoms with Crippen LogP contribution in [0.4, 0.5) is 13.2 Å². The number of rotatable bonds is 5. The molecule has 0 fully saturated rings. The summed E-state index contributed by atoms with van der Waals surface area (Å²) in [5.41, 5.74) is 6.22. The third-order valence-corrected chi connectivity index (χ3v) is 3.93. The first-order valence-electron chi connectivity index (χ1n) is 5.12. The maximum absolute atomic E-state index is 12.5. The second-order valence-electron chi connectivity index (χ2n) is 3.42. The standard InChI is InChI=1S/C11H14F3NO2Se/c1-16-8-5-7(3-4-15)6-9(17-2)10(8)18-11(12,13)14/h5-6H,3-4,15H2,1-2H3. The van der Waals surface area contributed by atoms with Gasteiger partial charge in [-0.15, -0.1) is 0 Å². The maximum atomic E-state index is 12.5. The zero-order valence-electron chi connectivity index (χ0n) is 10.0. The zero-order valence-corrected chi connectivity index (χ0v) is 11.7. The van der Waals surface area contributed by atoms with Crippen LogP contribution in [0, 0.1) is 0 Å². The summed E-state index contributed by atoms with van der Waals surface area (Å²) in [5, 5.41) is -4.25. The van der Waals surface area contributed by atoms with E-state index in [1.807, 2.05) is 0 Å². The third kappa shape index (κ3) is 4.08. The van der Waals surface area contributed by atoms with Gasteiger partial charge in [0.1, 0.15) is 0 Å². The van der Waals surface area contributed by atoms with Gasteiger partial charge in [-0.05, 0) is 0 Å². The Bertz CT molecular complexity index is 385. The molecule has 0 saturated heterocycles. The third-order valence-electron chi connectivity index (χ3n) is 2.17. The monoisotopic (exact) mass is 329 g/mol. The SMILES string of the molecule is COc1cc(CCN)cc(OC)c1[Se]C(F)(F)F. The van der Waals surface area contributed by atoms with Crippen LogP contribution in [0.15, 0.2) is 12.1 Å². The topological polar surface area (TPSA) is 44.5 Å². The predicted octanol–water partition coefficient (Wildman–Crippen LogP) is 1.05. The average Bonchev–Trinajstić information content (AvgIpc) is 2.29. The molecule has 0 radical (unpaired) electrons. The second-order valence-corrected chi connectivity index (χ2v) is 5.67. The molecular formula is C11H14F3NO2Se. The average molecular weight is 328 g/mol. The van der Waals surface area contributed by atoms with Crippen LogP contribution >= 0.6 is 0 Å². The number of methoxy groups -OCH3 is 2. The quantitative estimate of drug-likeness (QED) is 0.822. The molecule has 0 aromatic heterocycles. The number of hydrogen-bond donors (Lipinski definition) is 1. The molecule has 2 N–H and O–H groups in total. The minimum atomic E-state index is -4.25. The predicted molar refractivity (Wildman–Crippen MR) is 63.7 cm³/mol. The Labute approximate surface area is 110 Å². The Morgan fingerprint density at radius 3 is 2.00 bits per heavy atom. The number of ether oxygens (including phenoxy) is 2. The van der Waals surface area contributed by atoms with Gasteiger partial charge in [-0.3, -0.25) is 0 Å². The first kappa shape index (κ1) is 15.1. The minimum absolute atomic E-state index is 0.0702. The molecule has 1 aromatic carbocycles. The summed E-state index contributed by atoms with van der Waals surface area (Å²) >= 11 is -1.70. The molecule has 1 aromatic rings. The van der Waals surface area contributed by atoms with Gasteiger partial charge >= 0.3 is 109 Å². The Morgan fingerprint density at radius 2 is 1.67 bits per heavy atom. The molecule has 3 nitrogen and oxygen atoms in total. The van der Waals surface area contributed by atoms with Crippen molar-refractivity contribution in [2.75, 3.05) is 20.8 Å². The van der Waals surface area contributed by atoms with Crippen LogP contribution in [0.3, 0.4) is 0 Å². The van der Waals surface area contributed by atoms with E-state index >= 15 is 0 Å². The summed E-state index contributed by atoms with van der Waals surface area (Å²) < 4.78 is 47.7. The molecule has 0 bridgehead atoms. The molecule has 102 valence electrons. The van der Waals surface area contributed by atoms with Crippen molar-refractivity contribution in [1.82, 2.24) is 0 Å². The molecule has 0 spiro atoms. The van der Waals surface area contributed by atoms with Gasteiger partial charge in [-0.25, -0.2) is 0 Å². The van der Waals surface area contributed by atoms with Crippen molar-refractivity contribution >= 4 is 19.4 Å².